The zero-order chi connectivity index (χ0) is 32.1. The minimum Gasteiger partial charge on any atom is -0.365 e. The Morgan fingerprint density at radius 1 is 0.733 bits per heavy atom. The Morgan fingerprint density at radius 3 is 1.53 bits per heavy atom. The summed E-state index contributed by atoms with van der Waals surface area (Å²) in [6.07, 6.45) is -5.51. The minimum atomic E-state index is -2.76. The highest BCUT2D eigenvalue weighted by atomic mass is 35.5. The first kappa shape index (κ1) is 40.6. The molecule has 0 spiro atoms. The van der Waals surface area contributed by atoms with E-state index in [1.165, 1.54) is 5.56 Å². The van der Waals surface area contributed by atoms with Gasteiger partial charge in [-0.05, 0) is 25.0 Å². The molecule has 15 heteroatoms. The lowest BCUT2D eigenvalue weighted by atomic mass is 10.1. The number of rotatable bonds is 8. The van der Waals surface area contributed by atoms with Gasteiger partial charge in [0.25, 0.3) is 24.0 Å². The van der Waals surface area contributed by atoms with Gasteiger partial charge in [0.2, 0.25) is 0 Å². The van der Waals surface area contributed by atoms with Crippen LogP contribution in [0.1, 0.15) is 51.9 Å². The van der Waals surface area contributed by atoms with Gasteiger partial charge < -0.3 is 11.1 Å². The van der Waals surface area contributed by atoms with E-state index in [4.69, 9.17) is 17.3 Å². The Hall–Kier alpha value is -4.43. The van der Waals surface area contributed by atoms with Crippen LogP contribution in [-0.2, 0) is 13.1 Å². The first-order chi connectivity index (χ1) is 20.3. The smallest absolute Gasteiger partial charge is 0.330 e. The zero-order valence-corrected chi connectivity index (χ0v) is 23.9. The number of H-pyrrole nitrogens is 2. The molecule has 0 bridgehead atoms. The van der Waals surface area contributed by atoms with Crippen molar-refractivity contribution in [2.75, 3.05) is 5.32 Å². The van der Waals surface area contributed by atoms with Gasteiger partial charge in [0.15, 0.2) is 0 Å². The van der Waals surface area contributed by atoms with Gasteiger partial charge in [-0.3, -0.25) is 28.7 Å². The molecule has 0 aliphatic carbocycles. The summed E-state index contributed by atoms with van der Waals surface area (Å²) in [4.78, 5) is 49.6. The molecule has 0 aliphatic rings. The Bertz CT molecular complexity index is 1600. The van der Waals surface area contributed by atoms with E-state index in [0.717, 1.165) is 17.7 Å². The molecule has 5 N–H and O–H groups in total. The van der Waals surface area contributed by atoms with Crippen molar-refractivity contribution in [1.29, 1.82) is 0 Å². The molecule has 0 aliphatic heterocycles. The van der Waals surface area contributed by atoms with Crippen molar-refractivity contribution in [2.24, 2.45) is 5.73 Å². The van der Waals surface area contributed by atoms with E-state index < -0.39 is 48.4 Å². The maximum Gasteiger partial charge on any atom is 0.330 e. The molecule has 248 valence electrons. The predicted octanol–water partition coefficient (Wildman–Crippen LogP) is 5.41. The monoisotopic (exact) mass is 658 g/mol. The molecule has 2 heterocycles. The summed E-state index contributed by atoms with van der Waals surface area (Å²) >= 11 is 5.30. The van der Waals surface area contributed by atoms with Crippen molar-refractivity contribution in [1.82, 2.24) is 19.1 Å². The lowest BCUT2D eigenvalue weighted by Gasteiger charge is -2.15. The molecule has 0 fully saturated rings. The Balaban J connectivity index is 0.000000692. The van der Waals surface area contributed by atoms with Crippen LogP contribution in [0, 0.1) is 0 Å². The first-order valence-electron chi connectivity index (χ1n) is 12.8. The summed E-state index contributed by atoms with van der Waals surface area (Å²) in [6, 6.07) is 21.4. The predicted molar refractivity (Wildman–Crippen MR) is 171 cm³/mol. The maximum atomic E-state index is 12.3. The largest absolute Gasteiger partial charge is 0.365 e. The second-order valence-electron chi connectivity index (χ2n) is 9.07. The third-order valence-electron chi connectivity index (χ3n) is 5.65. The third-order valence-corrected chi connectivity index (χ3v) is 5.85. The van der Waals surface area contributed by atoms with Gasteiger partial charge in [0, 0.05) is 24.2 Å². The first-order valence-corrected chi connectivity index (χ1v) is 13.2. The molecule has 45 heavy (non-hydrogen) atoms. The fourth-order valence-corrected chi connectivity index (χ4v) is 3.70. The number of hydrogen-bond donors (Lipinski definition) is 4. The number of nitrogens with two attached hydrogens (primary N) is 1. The van der Waals surface area contributed by atoms with Crippen LogP contribution in [0.4, 0.5) is 23.4 Å². The lowest BCUT2D eigenvalue weighted by Crippen LogP contribution is -2.37. The topological polar surface area (TPSA) is 148 Å². The average molecular weight is 659 g/mol. The molecule has 0 unspecified atom stereocenters. The molecule has 2 aromatic carbocycles. The second-order valence-corrected chi connectivity index (χ2v) is 9.47. The SMILES string of the molecule is C.C.C[C@H](N)c1ccccc1.C[C@H](Nc1cc(=O)n(CC(F)F)c(=O)[nH]1)c1ccccc1.O=c1cc(Cl)[nH]c(=O)n1CC(F)F. The fraction of sp³-hybridized carbons (Fsp3) is 0.333. The number of nitrogens with zero attached hydrogens (tertiary/aromatic N) is 2. The number of aromatic amines is 2. The summed E-state index contributed by atoms with van der Waals surface area (Å²) in [7, 11) is 0. The molecule has 4 aromatic rings. The standard InChI is InChI=1S/C14H15F2N3O2.C8H11N.C6H5ClF2N2O2.2CH4/c1-9(10-5-3-2-4-6-10)17-12-7-13(20)19(8-11(15)16)14(21)18-12;1-7(9)8-5-3-2-4-6-8;7-3-1-5(12)11(2-4(8)9)6(13)10-3;;/h2-7,9,11,17H,8H2,1H3,(H,18,21);2-7H,9H2,1H3;1,4H,2H2,(H,10,13);2*1H4/t9-;7-;;;/m00.../s1. The molecule has 2 atom stereocenters. The van der Waals surface area contributed by atoms with Crippen LogP contribution in [0.5, 0.6) is 0 Å². The van der Waals surface area contributed by atoms with Gasteiger partial charge >= 0.3 is 11.4 Å². The summed E-state index contributed by atoms with van der Waals surface area (Å²) in [5.41, 5.74) is 4.38. The summed E-state index contributed by atoms with van der Waals surface area (Å²) in [5.74, 6) is 0.201. The number of halogens is 5. The van der Waals surface area contributed by atoms with Crippen LogP contribution in [0.15, 0.2) is 92.0 Å². The van der Waals surface area contributed by atoms with E-state index in [9.17, 15) is 36.7 Å². The molecule has 10 nitrogen and oxygen atoms in total. The van der Waals surface area contributed by atoms with E-state index in [1.54, 1.807) is 0 Å². The van der Waals surface area contributed by atoms with E-state index in [-0.39, 0.29) is 37.9 Å². The molecule has 4 rings (SSSR count). The van der Waals surface area contributed by atoms with Crippen LogP contribution < -0.4 is 33.5 Å². The van der Waals surface area contributed by atoms with Crippen LogP contribution in [-0.4, -0.2) is 32.0 Å². The number of hydrogen-bond acceptors (Lipinski definition) is 6. The highest BCUT2D eigenvalue weighted by Crippen LogP contribution is 2.15. The number of nitrogens with one attached hydrogen (secondary N) is 3. The third kappa shape index (κ3) is 13.8. The molecule has 0 radical (unpaired) electrons. The van der Waals surface area contributed by atoms with Gasteiger partial charge in [0.05, 0.1) is 13.1 Å². The van der Waals surface area contributed by atoms with Crippen LogP contribution in [0.3, 0.4) is 0 Å². The van der Waals surface area contributed by atoms with Gasteiger partial charge in [-0.2, -0.15) is 0 Å². The highest BCUT2D eigenvalue weighted by molar-refractivity contribution is 6.29. The normalized spacial score (nSPS) is 11.5. The van der Waals surface area contributed by atoms with E-state index >= 15 is 0 Å². The Kier molecular flexibility index (Phi) is 17.8. The molecule has 0 saturated heterocycles. The Morgan fingerprint density at radius 2 is 1.16 bits per heavy atom. The van der Waals surface area contributed by atoms with Crippen molar-refractivity contribution in [3.63, 3.8) is 0 Å². The number of anilines is 1. The van der Waals surface area contributed by atoms with Gasteiger partial charge in [-0.1, -0.05) is 87.1 Å². The van der Waals surface area contributed by atoms with Gasteiger partial charge in [-0.15, -0.1) is 0 Å². The maximum absolute atomic E-state index is 12.3. The van der Waals surface area contributed by atoms with Crippen molar-refractivity contribution in [3.05, 3.63) is 131 Å². The highest BCUT2D eigenvalue weighted by Gasteiger charge is 2.12. The fourth-order valence-electron chi connectivity index (χ4n) is 3.53. The van der Waals surface area contributed by atoms with E-state index in [1.807, 2.05) is 79.5 Å². The quantitative estimate of drug-likeness (QED) is 0.147. The van der Waals surface area contributed by atoms with E-state index in [0.29, 0.717) is 9.13 Å². The molecule has 0 saturated carbocycles. The zero-order valence-electron chi connectivity index (χ0n) is 23.1. The number of benzene rings is 2. The summed E-state index contributed by atoms with van der Waals surface area (Å²) < 4.78 is 49.1. The lowest BCUT2D eigenvalue weighted by molar-refractivity contribution is 0.123. The van der Waals surface area contributed by atoms with Crippen LogP contribution >= 0.6 is 11.6 Å². The Labute approximate surface area is 262 Å². The molecule has 0 amide bonds. The van der Waals surface area contributed by atoms with Crippen LogP contribution in [0.2, 0.25) is 5.15 Å². The average Bonchev–Trinajstić information content (AvgIpc) is 2.94. The van der Waals surface area contributed by atoms with Gasteiger partial charge in [0.1, 0.15) is 11.0 Å². The summed E-state index contributed by atoms with van der Waals surface area (Å²) in [5, 5.41) is 2.80. The van der Waals surface area contributed by atoms with Crippen molar-refractivity contribution < 1.29 is 17.6 Å². The molecular weight excluding hydrogens is 620 g/mol. The summed E-state index contributed by atoms with van der Waals surface area (Å²) in [6.45, 7) is 2.00. The number of aromatic nitrogens is 4. The van der Waals surface area contributed by atoms with Crippen molar-refractivity contribution in [2.45, 2.75) is 66.7 Å². The van der Waals surface area contributed by atoms with E-state index in [2.05, 4.69) is 10.3 Å². The van der Waals surface area contributed by atoms with Crippen LogP contribution in [0.25, 0.3) is 0 Å². The molecular formula is C30H39ClF4N6O4. The van der Waals surface area contributed by atoms with Crippen molar-refractivity contribution in [3.8, 4) is 0 Å². The minimum absolute atomic E-state index is 0. The molecule has 2 aromatic heterocycles. The van der Waals surface area contributed by atoms with Gasteiger partial charge in [-0.25, -0.2) is 27.2 Å². The second kappa shape index (κ2) is 19.8. The van der Waals surface area contributed by atoms with Crippen molar-refractivity contribution >= 4 is 17.4 Å². The number of alkyl halides is 4.